The van der Waals surface area contributed by atoms with Crippen molar-refractivity contribution in [2.24, 2.45) is 0 Å². The number of amides is 4. The summed E-state index contributed by atoms with van der Waals surface area (Å²) in [4.78, 5) is 46.9. The molecular weight excluding hydrogens is 392 g/mol. The lowest BCUT2D eigenvalue weighted by Gasteiger charge is -2.09. The molecule has 0 bridgehead atoms. The van der Waals surface area contributed by atoms with Crippen LogP contribution >= 0.6 is 11.3 Å². The molecule has 0 fully saturated rings. The van der Waals surface area contributed by atoms with Gasteiger partial charge in [-0.15, -0.1) is 11.3 Å². The topological polar surface area (TPSA) is 116 Å². The van der Waals surface area contributed by atoms with Crippen molar-refractivity contribution >= 4 is 35.0 Å². The van der Waals surface area contributed by atoms with Gasteiger partial charge in [0.25, 0.3) is 11.8 Å². The van der Waals surface area contributed by atoms with E-state index in [4.69, 9.17) is 0 Å². The molecule has 0 spiro atoms. The van der Waals surface area contributed by atoms with Crippen molar-refractivity contribution in [3.63, 3.8) is 0 Å². The Morgan fingerprint density at radius 2 is 1.90 bits per heavy atom. The second-order valence-corrected chi connectivity index (χ2v) is 7.42. The minimum Gasteiger partial charge on any atom is -0.351 e. The molecule has 0 aliphatic carbocycles. The Hall–Kier alpha value is -3.01. The van der Waals surface area contributed by atoms with Gasteiger partial charge in [-0.1, -0.05) is 13.3 Å². The average Bonchev–Trinajstić information content (AvgIpc) is 3.13. The molecule has 3 N–H and O–H groups in total. The number of hydrogen-bond acceptors (Lipinski definition) is 6. The summed E-state index contributed by atoms with van der Waals surface area (Å²) in [5, 5.41) is 8.55. The van der Waals surface area contributed by atoms with Crippen LogP contribution in [-0.4, -0.2) is 59.9 Å². The maximum absolute atomic E-state index is 12.5. The zero-order valence-electron chi connectivity index (χ0n) is 17.0. The van der Waals surface area contributed by atoms with Gasteiger partial charge in [-0.05, 0) is 25.5 Å². The van der Waals surface area contributed by atoms with Crippen LogP contribution in [0.4, 0.5) is 10.6 Å². The van der Waals surface area contributed by atoms with E-state index in [1.807, 2.05) is 13.8 Å². The minimum absolute atomic E-state index is 0.115. The van der Waals surface area contributed by atoms with Gasteiger partial charge in [0.1, 0.15) is 15.7 Å². The van der Waals surface area contributed by atoms with Gasteiger partial charge in [-0.25, -0.2) is 14.8 Å². The van der Waals surface area contributed by atoms with Crippen LogP contribution in [0.25, 0.3) is 10.6 Å². The van der Waals surface area contributed by atoms with Gasteiger partial charge in [0.2, 0.25) is 0 Å². The van der Waals surface area contributed by atoms with Gasteiger partial charge in [0, 0.05) is 38.9 Å². The van der Waals surface area contributed by atoms with E-state index in [9.17, 15) is 14.4 Å². The van der Waals surface area contributed by atoms with Crippen LogP contribution in [0.15, 0.2) is 18.3 Å². The predicted molar refractivity (Wildman–Crippen MR) is 113 cm³/mol. The summed E-state index contributed by atoms with van der Waals surface area (Å²) in [5.41, 5.74) is 0.765. The van der Waals surface area contributed by atoms with Gasteiger partial charge >= 0.3 is 6.03 Å². The largest absolute Gasteiger partial charge is 0.351 e. The molecule has 0 saturated heterocycles. The normalized spacial score (nSPS) is 10.3. The number of thiazole rings is 1. The average molecular weight is 419 g/mol. The molecule has 0 aliphatic heterocycles. The molecule has 10 heteroatoms. The molecule has 2 rings (SSSR count). The molecule has 0 unspecified atom stereocenters. The summed E-state index contributed by atoms with van der Waals surface area (Å²) in [7, 11) is 3.26. The summed E-state index contributed by atoms with van der Waals surface area (Å²) in [5.74, 6) is -0.260. The monoisotopic (exact) mass is 418 g/mol. The van der Waals surface area contributed by atoms with Gasteiger partial charge < -0.3 is 15.5 Å². The first-order valence-electron chi connectivity index (χ1n) is 9.39. The number of aromatic nitrogens is 2. The molecule has 0 aliphatic rings. The molecule has 2 aromatic rings. The highest BCUT2D eigenvalue weighted by molar-refractivity contribution is 7.17. The highest BCUT2D eigenvalue weighted by atomic mass is 32.1. The number of carbonyl (C=O) groups is 3. The highest BCUT2D eigenvalue weighted by Gasteiger charge is 2.25. The van der Waals surface area contributed by atoms with Crippen molar-refractivity contribution in [3.05, 3.63) is 28.9 Å². The lowest BCUT2D eigenvalue weighted by Crippen LogP contribution is -2.28. The maximum atomic E-state index is 12.5. The van der Waals surface area contributed by atoms with Crippen molar-refractivity contribution in [1.82, 2.24) is 25.5 Å². The number of pyridine rings is 1. The summed E-state index contributed by atoms with van der Waals surface area (Å²) in [6, 6.07) is 3.03. The molecule has 0 saturated carbocycles. The van der Waals surface area contributed by atoms with Gasteiger partial charge in [-0.2, -0.15) is 0 Å². The van der Waals surface area contributed by atoms with E-state index in [1.165, 1.54) is 4.90 Å². The van der Waals surface area contributed by atoms with E-state index in [0.29, 0.717) is 29.5 Å². The van der Waals surface area contributed by atoms with E-state index in [1.54, 1.807) is 32.4 Å². The lowest BCUT2D eigenvalue weighted by atomic mass is 10.2. The van der Waals surface area contributed by atoms with Gasteiger partial charge in [0.05, 0.1) is 0 Å². The van der Waals surface area contributed by atoms with Crippen molar-refractivity contribution < 1.29 is 14.4 Å². The van der Waals surface area contributed by atoms with Crippen LogP contribution in [0.5, 0.6) is 0 Å². The first-order chi connectivity index (χ1) is 13.9. The number of carbonyl (C=O) groups excluding carboxylic acids is 3. The number of nitrogens with one attached hydrogen (secondary N) is 3. The predicted octanol–water partition coefficient (Wildman–Crippen LogP) is 2.58. The third kappa shape index (κ3) is 5.98. The van der Waals surface area contributed by atoms with Gasteiger partial charge in [0.15, 0.2) is 5.69 Å². The number of anilines is 1. The number of urea groups is 1. The van der Waals surface area contributed by atoms with Crippen molar-refractivity contribution in [1.29, 1.82) is 0 Å². The Bertz CT molecular complexity index is 863. The van der Waals surface area contributed by atoms with Crippen molar-refractivity contribution in [3.8, 4) is 10.6 Å². The Morgan fingerprint density at radius 1 is 1.14 bits per heavy atom. The summed E-state index contributed by atoms with van der Waals surface area (Å²) < 4.78 is 0. The van der Waals surface area contributed by atoms with Gasteiger partial charge in [-0.3, -0.25) is 14.9 Å². The first-order valence-corrected chi connectivity index (χ1v) is 10.2. The molecule has 0 atom stereocenters. The quantitative estimate of drug-likeness (QED) is 0.570. The number of unbranched alkanes of at least 4 members (excludes halogenated alkanes) is 1. The van der Waals surface area contributed by atoms with E-state index in [-0.39, 0.29) is 28.4 Å². The third-order valence-corrected chi connectivity index (χ3v) is 4.94. The highest BCUT2D eigenvalue weighted by Crippen LogP contribution is 2.29. The summed E-state index contributed by atoms with van der Waals surface area (Å²) in [6.45, 7) is 4.89. The molecule has 29 heavy (non-hydrogen) atoms. The number of nitrogens with zero attached hydrogens (tertiary/aromatic N) is 3. The molecule has 4 amide bonds. The zero-order valence-corrected chi connectivity index (χ0v) is 17.9. The van der Waals surface area contributed by atoms with E-state index in [2.05, 4.69) is 25.9 Å². The molecule has 2 heterocycles. The molecule has 0 aromatic carbocycles. The standard InChI is InChI=1S/C19H26N6O3S/c1-5-7-10-21-16(26)14-15(18(27)25(3)4)29-17(24-14)12-8-9-13(22-11-12)23-19(28)20-6-2/h8-9,11H,5-7,10H2,1-4H3,(H,21,26)(H2,20,22,23,28). The summed E-state index contributed by atoms with van der Waals surface area (Å²) >= 11 is 1.14. The summed E-state index contributed by atoms with van der Waals surface area (Å²) in [6.07, 6.45) is 3.35. The van der Waals surface area contributed by atoms with E-state index in [0.717, 1.165) is 24.2 Å². The molecule has 156 valence electrons. The maximum Gasteiger partial charge on any atom is 0.320 e. The fourth-order valence-electron chi connectivity index (χ4n) is 2.32. The van der Waals surface area contributed by atoms with Crippen molar-refractivity contribution in [2.45, 2.75) is 26.7 Å². The Morgan fingerprint density at radius 3 is 2.48 bits per heavy atom. The Labute approximate surface area is 173 Å². The van der Waals surface area contributed by atoms with E-state index < -0.39 is 0 Å². The SMILES string of the molecule is CCCCNC(=O)c1nc(-c2ccc(NC(=O)NCC)nc2)sc1C(=O)N(C)C. The van der Waals surface area contributed by atoms with E-state index >= 15 is 0 Å². The second-order valence-electron chi connectivity index (χ2n) is 6.42. The van der Waals surface area contributed by atoms with Crippen LogP contribution in [0.2, 0.25) is 0 Å². The second kappa shape index (κ2) is 10.5. The molecule has 2 aromatic heterocycles. The van der Waals surface area contributed by atoms with Crippen LogP contribution in [-0.2, 0) is 0 Å². The molecule has 9 nitrogen and oxygen atoms in total. The smallest absolute Gasteiger partial charge is 0.320 e. The first kappa shape index (κ1) is 22.3. The van der Waals surface area contributed by atoms with Crippen molar-refractivity contribution in [2.75, 3.05) is 32.5 Å². The van der Waals surface area contributed by atoms with Crippen LogP contribution < -0.4 is 16.0 Å². The zero-order chi connectivity index (χ0) is 21.4. The fraction of sp³-hybridized carbons (Fsp3) is 0.421. The Balaban J connectivity index is 2.28. The molecule has 0 radical (unpaired) electrons. The number of rotatable bonds is 8. The minimum atomic E-state index is -0.367. The third-order valence-electron chi connectivity index (χ3n) is 3.85. The fourth-order valence-corrected chi connectivity index (χ4v) is 3.40. The van der Waals surface area contributed by atoms with Crippen LogP contribution in [0.3, 0.4) is 0 Å². The van der Waals surface area contributed by atoms with Crippen LogP contribution in [0, 0.1) is 0 Å². The lowest BCUT2D eigenvalue weighted by molar-refractivity contribution is 0.0822. The Kier molecular flexibility index (Phi) is 8.08. The van der Waals surface area contributed by atoms with Crippen LogP contribution in [0.1, 0.15) is 46.8 Å². The molecular formula is C19H26N6O3S. The number of hydrogen-bond donors (Lipinski definition) is 3.